The maximum absolute atomic E-state index is 13.1. The number of aliphatic hydroxyl groups is 2. The van der Waals surface area contributed by atoms with Gasteiger partial charge in [-0.25, -0.2) is 9.36 Å². The number of aliphatic hydroxyl groups excluding tert-OH is 2. The number of aromatic nitrogens is 2. The molecule has 4 fully saturated rings. The number of hydrogen-bond acceptors (Lipinski definition) is 8. The highest BCUT2D eigenvalue weighted by Crippen LogP contribution is 2.67. The van der Waals surface area contributed by atoms with Crippen molar-refractivity contribution in [3.8, 4) is 0 Å². The summed E-state index contributed by atoms with van der Waals surface area (Å²) in [6.07, 6.45) is 9.99. The molecule has 1 aromatic heterocycles. The van der Waals surface area contributed by atoms with Gasteiger partial charge in [-0.1, -0.05) is 65.5 Å². The van der Waals surface area contributed by atoms with Crippen LogP contribution in [0.15, 0.2) is 27.4 Å². The van der Waals surface area contributed by atoms with Crippen molar-refractivity contribution in [2.24, 2.45) is 46.3 Å². The second kappa shape index (κ2) is 14.1. The summed E-state index contributed by atoms with van der Waals surface area (Å²) in [5.74, 6) is 3.27. The minimum atomic E-state index is -4.52. The molecule has 10 unspecified atom stereocenters. The number of rotatable bonds is 11. The van der Waals surface area contributed by atoms with Crippen LogP contribution in [0.4, 0.5) is 0 Å². The van der Waals surface area contributed by atoms with E-state index < -0.39 is 56.3 Å². The quantitative estimate of drug-likeness (QED) is 0.160. The minimum absolute atomic E-state index is 0.0494. The zero-order valence-corrected chi connectivity index (χ0v) is 31.1. The van der Waals surface area contributed by atoms with E-state index in [0.29, 0.717) is 42.1 Å². The van der Waals surface area contributed by atoms with Crippen molar-refractivity contribution in [3.05, 3.63) is 44.2 Å². The van der Waals surface area contributed by atoms with E-state index >= 15 is 0 Å². The van der Waals surface area contributed by atoms with Crippen LogP contribution in [0.2, 0.25) is 0 Å². The van der Waals surface area contributed by atoms with Crippen molar-refractivity contribution in [1.29, 1.82) is 0 Å². The zero-order chi connectivity index (χ0) is 35.5. The van der Waals surface area contributed by atoms with E-state index in [0.717, 1.165) is 24.3 Å². The van der Waals surface area contributed by atoms with E-state index in [9.17, 15) is 29.3 Å². The highest BCUT2D eigenvalue weighted by molar-refractivity contribution is 7.47. The number of nitrogens with zero attached hydrogens (tertiary/aromatic N) is 1. The summed E-state index contributed by atoms with van der Waals surface area (Å²) in [5.41, 5.74) is 0.449. The van der Waals surface area contributed by atoms with E-state index in [1.54, 1.807) is 6.92 Å². The molecule has 0 aromatic carbocycles. The first-order chi connectivity index (χ1) is 23.0. The Labute approximate surface area is 290 Å². The summed E-state index contributed by atoms with van der Waals surface area (Å²) in [6, 6.07) is 0. The Morgan fingerprint density at radius 3 is 2.57 bits per heavy atom. The van der Waals surface area contributed by atoms with E-state index in [1.807, 2.05) is 6.08 Å². The molecule has 0 bridgehead atoms. The average Bonchev–Trinajstić information content (AvgIpc) is 3.57. The van der Waals surface area contributed by atoms with Crippen molar-refractivity contribution in [1.82, 2.24) is 9.55 Å². The maximum Gasteiger partial charge on any atom is 0.472 e. The lowest BCUT2D eigenvalue weighted by molar-refractivity contribution is -0.0973. The van der Waals surface area contributed by atoms with Gasteiger partial charge in [-0.2, -0.15) is 0 Å². The molecule has 0 radical (unpaired) electrons. The third-order valence-electron chi connectivity index (χ3n) is 13.6. The molecular weight excluding hydrogens is 647 g/mol. The maximum atomic E-state index is 13.1. The number of hydrogen-bond donors (Lipinski definition) is 4. The molecule has 276 valence electrons. The molecule has 1 aromatic rings. The van der Waals surface area contributed by atoms with Gasteiger partial charge in [-0.15, -0.1) is 0 Å². The van der Waals surface area contributed by atoms with Gasteiger partial charge in [-0.05, 0) is 98.2 Å². The first kappa shape index (κ1) is 37.2. The fraction of sp³-hybridized carbons (Fsp3) is 0.838. The van der Waals surface area contributed by atoms with Crippen LogP contribution in [0, 0.1) is 53.3 Å². The lowest BCUT2D eigenvalue weighted by Gasteiger charge is -2.59. The topological polar surface area (TPSA) is 160 Å². The van der Waals surface area contributed by atoms with Gasteiger partial charge in [0, 0.05) is 18.2 Å². The van der Waals surface area contributed by atoms with Crippen molar-refractivity contribution in [2.45, 2.75) is 143 Å². The first-order valence-electron chi connectivity index (χ1n) is 18.7. The number of phosphoric ester groups is 1. The van der Waals surface area contributed by atoms with Crippen LogP contribution >= 0.6 is 7.82 Å². The molecule has 1 aliphatic heterocycles. The second-order valence-corrected chi connectivity index (χ2v) is 18.5. The molecule has 12 heteroatoms. The number of aryl methyl sites for hydroxylation is 1. The molecule has 2 heterocycles. The van der Waals surface area contributed by atoms with Crippen molar-refractivity contribution >= 4 is 7.82 Å². The largest absolute Gasteiger partial charge is 0.472 e. The average molecular weight is 707 g/mol. The fourth-order valence-corrected chi connectivity index (χ4v) is 11.9. The zero-order valence-electron chi connectivity index (χ0n) is 30.2. The monoisotopic (exact) mass is 706 g/mol. The van der Waals surface area contributed by atoms with Crippen LogP contribution < -0.4 is 11.2 Å². The van der Waals surface area contributed by atoms with Crippen molar-refractivity contribution in [2.75, 3.05) is 6.61 Å². The van der Waals surface area contributed by atoms with Crippen molar-refractivity contribution < 1.29 is 33.5 Å². The summed E-state index contributed by atoms with van der Waals surface area (Å²) in [6.45, 7) is 13.1. The lowest BCUT2D eigenvalue weighted by Crippen LogP contribution is -2.55. The predicted molar refractivity (Wildman–Crippen MR) is 186 cm³/mol. The van der Waals surface area contributed by atoms with Gasteiger partial charge >= 0.3 is 13.5 Å². The van der Waals surface area contributed by atoms with Crippen LogP contribution in [0.1, 0.15) is 117 Å². The molecule has 0 amide bonds. The lowest BCUT2D eigenvalue weighted by atomic mass is 9.46. The molecular formula is C37H59N2O9P. The molecule has 4 aliphatic carbocycles. The number of phosphoric acid groups is 1. The van der Waals surface area contributed by atoms with Crippen molar-refractivity contribution in [3.63, 3.8) is 0 Å². The SMILES string of the molecule is Cc1cn([C@H]2C[C@H](O)[C@@H](COP(=O)(O)OC3CCC4(C)C(=CC(O)C5C4CCC4(C)C(C(C)CCCC(C)C)CCC54)C3)O2)c(=O)[nH]c1=O. The standard InChI is InChI=1S/C37H59N2O9P/c1-21(2)8-7-9-22(3)26-10-11-27-33-28(13-15-37(26,27)6)36(5)14-12-25(16-24(36)17-30(33)41)48-49(44,45)46-20-31-29(40)18-32(47-31)39-19-23(4)34(42)38-35(39)43/h17,19,21-22,25-33,40-41H,7-16,18,20H2,1-6H3,(H,44,45)(H,38,42,43)/t22?,25?,26?,27?,28?,29-,30?,31+,32+,33?,36?,37?/m0/s1. The Hall–Kier alpha value is -1.59. The Morgan fingerprint density at radius 2 is 1.84 bits per heavy atom. The smallest absolute Gasteiger partial charge is 0.390 e. The van der Waals surface area contributed by atoms with Gasteiger partial charge in [-0.3, -0.25) is 23.4 Å². The number of nitrogens with one attached hydrogen (secondary N) is 1. The van der Waals surface area contributed by atoms with E-state index in [1.165, 1.54) is 49.3 Å². The molecule has 0 spiro atoms. The van der Waals surface area contributed by atoms with Gasteiger partial charge in [0.05, 0.1) is 24.9 Å². The summed E-state index contributed by atoms with van der Waals surface area (Å²) < 4.78 is 31.1. The van der Waals surface area contributed by atoms with Crippen LogP contribution in [0.25, 0.3) is 0 Å². The van der Waals surface area contributed by atoms with Gasteiger partial charge in [0.15, 0.2) is 0 Å². The first-order valence-corrected chi connectivity index (χ1v) is 20.2. The van der Waals surface area contributed by atoms with Crippen LogP contribution in [0.3, 0.4) is 0 Å². The number of ether oxygens (including phenoxy) is 1. The molecule has 1 saturated heterocycles. The van der Waals surface area contributed by atoms with Crippen LogP contribution in [-0.2, 0) is 18.3 Å². The highest BCUT2D eigenvalue weighted by atomic mass is 31.2. The van der Waals surface area contributed by atoms with Crippen LogP contribution in [-0.4, -0.2) is 55.7 Å². The number of H-pyrrole nitrogens is 1. The molecule has 49 heavy (non-hydrogen) atoms. The summed E-state index contributed by atoms with van der Waals surface area (Å²) in [5, 5.41) is 22.3. The van der Waals surface area contributed by atoms with E-state index in [-0.39, 0.29) is 23.2 Å². The minimum Gasteiger partial charge on any atom is -0.390 e. The summed E-state index contributed by atoms with van der Waals surface area (Å²) >= 11 is 0. The fourth-order valence-electron chi connectivity index (χ4n) is 11.0. The highest BCUT2D eigenvalue weighted by Gasteiger charge is 2.61. The third kappa shape index (κ3) is 7.24. The number of fused-ring (bicyclic) bond motifs is 5. The molecule has 13 atom stereocenters. The van der Waals surface area contributed by atoms with Gasteiger partial charge in [0.2, 0.25) is 0 Å². The molecule has 11 nitrogen and oxygen atoms in total. The second-order valence-electron chi connectivity index (χ2n) is 17.1. The van der Waals surface area contributed by atoms with E-state index in [4.69, 9.17) is 13.8 Å². The molecule has 4 N–H and O–H groups in total. The van der Waals surface area contributed by atoms with Gasteiger partial charge in [0.1, 0.15) is 12.3 Å². The predicted octanol–water partition coefficient (Wildman–Crippen LogP) is 6.01. The van der Waals surface area contributed by atoms with E-state index in [2.05, 4.69) is 39.6 Å². The summed E-state index contributed by atoms with van der Waals surface area (Å²) in [7, 11) is -4.52. The Kier molecular flexibility index (Phi) is 10.7. The van der Waals surface area contributed by atoms with Gasteiger partial charge < -0.3 is 19.8 Å². The Bertz CT molecular complexity index is 1560. The molecule has 6 rings (SSSR count). The Balaban J connectivity index is 1.06. The molecule has 3 saturated carbocycles. The molecule has 5 aliphatic rings. The van der Waals surface area contributed by atoms with Crippen LogP contribution in [0.5, 0.6) is 0 Å². The summed E-state index contributed by atoms with van der Waals surface area (Å²) in [4.78, 5) is 36.9. The number of aromatic amines is 1. The van der Waals surface area contributed by atoms with Gasteiger partial charge in [0.25, 0.3) is 5.56 Å². The normalized spacial score (nSPS) is 40.7. The third-order valence-corrected chi connectivity index (χ3v) is 14.7. The Morgan fingerprint density at radius 1 is 1.08 bits per heavy atom.